The molecule has 0 aromatic rings. The van der Waals surface area contributed by atoms with Crippen LogP contribution in [0.3, 0.4) is 0 Å². The van der Waals surface area contributed by atoms with Gasteiger partial charge in [-0.1, -0.05) is 19.8 Å². The van der Waals surface area contributed by atoms with E-state index in [9.17, 15) is 4.79 Å². The number of primary amides is 1. The zero-order chi connectivity index (χ0) is 11.8. The van der Waals surface area contributed by atoms with Crippen molar-refractivity contribution in [3.63, 3.8) is 0 Å². The molecule has 0 aromatic carbocycles. The van der Waals surface area contributed by atoms with Crippen LogP contribution in [0.25, 0.3) is 0 Å². The second kappa shape index (κ2) is 7.49. The molecule has 0 saturated heterocycles. The monoisotopic (exact) mass is 228 g/mol. The van der Waals surface area contributed by atoms with Gasteiger partial charge in [-0.25, -0.2) is 4.79 Å². The van der Waals surface area contributed by atoms with Crippen molar-refractivity contribution in [2.45, 2.75) is 51.5 Å². The molecule has 1 aliphatic rings. The van der Waals surface area contributed by atoms with Crippen LogP contribution in [0, 0.1) is 5.92 Å². The Bertz CT molecular complexity index is 201. The van der Waals surface area contributed by atoms with E-state index in [4.69, 9.17) is 5.73 Å². The van der Waals surface area contributed by atoms with Gasteiger partial charge in [-0.3, -0.25) is 0 Å². The number of hydrogen-bond acceptors (Lipinski definition) is 3. The van der Waals surface area contributed by atoms with E-state index in [1.807, 2.05) is 0 Å². The van der Waals surface area contributed by atoms with Gasteiger partial charge in [0.15, 0.2) is 0 Å². The SMILES string of the molecule is CCCC1CCC(NCCOC(N)=O)CC1. The highest BCUT2D eigenvalue weighted by Crippen LogP contribution is 2.27. The van der Waals surface area contributed by atoms with Crippen LogP contribution in [0.15, 0.2) is 0 Å². The highest BCUT2D eigenvalue weighted by molar-refractivity contribution is 5.64. The first-order valence-corrected chi connectivity index (χ1v) is 6.38. The van der Waals surface area contributed by atoms with Crippen LogP contribution in [0.4, 0.5) is 4.79 Å². The summed E-state index contributed by atoms with van der Waals surface area (Å²) in [6.07, 6.45) is 7.16. The summed E-state index contributed by atoms with van der Waals surface area (Å²) >= 11 is 0. The summed E-state index contributed by atoms with van der Waals surface area (Å²) in [5, 5.41) is 3.41. The van der Waals surface area contributed by atoms with Crippen LogP contribution in [0.1, 0.15) is 45.4 Å². The molecule has 0 aromatic heterocycles. The molecule has 0 heterocycles. The van der Waals surface area contributed by atoms with E-state index in [0.717, 1.165) is 5.92 Å². The van der Waals surface area contributed by atoms with Gasteiger partial charge >= 0.3 is 6.09 Å². The summed E-state index contributed by atoms with van der Waals surface area (Å²) in [6.45, 7) is 3.35. The lowest BCUT2D eigenvalue weighted by molar-refractivity contribution is 0.154. The van der Waals surface area contributed by atoms with E-state index < -0.39 is 6.09 Å². The predicted octanol–water partition coefficient (Wildman–Crippen LogP) is 2.03. The summed E-state index contributed by atoms with van der Waals surface area (Å²) in [5.74, 6) is 0.935. The molecular formula is C12H24N2O2. The van der Waals surface area contributed by atoms with Crippen LogP contribution >= 0.6 is 0 Å². The average molecular weight is 228 g/mol. The normalized spacial score (nSPS) is 25.3. The quantitative estimate of drug-likeness (QED) is 0.684. The number of rotatable bonds is 6. The van der Waals surface area contributed by atoms with Gasteiger partial charge in [0.1, 0.15) is 6.61 Å². The van der Waals surface area contributed by atoms with Crippen LogP contribution in [-0.4, -0.2) is 25.3 Å². The van der Waals surface area contributed by atoms with Crippen molar-refractivity contribution in [2.24, 2.45) is 11.7 Å². The third-order valence-electron chi connectivity index (χ3n) is 3.32. The topological polar surface area (TPSA) is 64.3 Å². The van der Waals surface area contributed by atoms with Crippen molar-refractivity contribution in [3.05, 3.63) is 0 Å². The van der Waals surface area contributed by atoms with Gasteiger partial charge in [0, 0.05) is 12.6 Å². The molecule has 0 unspecified atom stereocenters. The van der Waals surface area contributed by atoms with Gasteiger partial charge in [0.05, 0.1) is 0 Å². The van der Waals surface area contributed by atoms with Gasteiger partial charge in [0.2, 0.25) is 0 Å². The van der Waals surface area contributed by atoms with Gasteiger partial charge in [0.25, 0.3) is 0 Å². The van der Waals surface area contributed by atoms with E-state index in [1.54, 1.807) is 0 Å². The van der Waals surface area contributed by atoms with Crippen molar-refractivity contribution in [2.75, 3.05) is 13.2 Å². The Morgan fingerprint density at radius 1 is 1.38 bits per heavy atom. The molecule has 0 aliphatic heterocycles. The highest BCUT2D eigenvalue weighted by Gasteiger charge is 2.19. The largest absolute Gasteiger partial charge is 0.448 e. The van der Waals surface area contributed by atoms with E-state index in [-0.39, 0.29) is 0 Å². The maximum Gasteiger partial charge on any atom is 0.404 e. The Labute approximate surface area is 97.9 Å². The molecule has 16 heavy (non-hydrogen) atoms. The van der Waals surface area contributed by atoms with Crippen molar-refractivity contribution in [3.8, 4) is 0 Å². The fraction of sp³-hybridized carbons (Fsp3) is 0.917. The van der Waals surface area contributed by atoms with Crippen molar-refractivity contribution in [1.82, 2.24) is 5.32 Å². The lowest BCUT2D eigenvalue weighted by atomic mass is 9.83. The molecule has 0 atom stereocenters. The molecule has 3 N–H and O–H groups in total. The third kappa shape index (κ3) is 5.35. The minimum Gasteiger partial charge on any atom is -0.448 e. The van der Waals surface area contributed by atoms with Gasteiger partial charge in [-0.05, 0) is 31.6 Å². The maximum absolute atomic E-state index is 10.3. The molecule has 0 bridgehead atoms. The molecule has 1 rings (SSSR count). The van der Waals surface area contributed by atoms with Crippen LogP contribution in [0.2, 0.25) is 0 Å². The zero-order valence-electron chi connectivity index (χ0n) is 10.2. The number of nitrogens with one attached hydrogen (secondary N) is 1. The van der Waals surface area contributed by atoms with Crippen molar-refractivity contribution in [1.29, 1.82) is 0 Å². The van der Waals surface area contributed by atoms with E-state index in [0.29, 0.717) is 19.2 Å². The van der Waals surface area contributed by atoms with Crippen LogP contribution < -0.4 is 11.1 Å². The van der Waals surface area contributed by atoms with E-state index in [1.165, 1.54) is 38.5 Å². The summed E-state index contributed by atoms with van der Waals surface area (Å²) in [6, 6.07) is 0.601. The smallest absolute Gasteiger partial charge is 0.404 e. The fourth-order valence-electron chi connectivity index (χ4n) is 2.48. The zero-order valence-corrected chi connectivity index (χ0v) is 10.2. The lowest BCUT2D eigenvalue weighted by Gasteiger charge is -2.28. The van der Waals surface area contributed by atoms with Gasteiger partial charge in [-0.2, -0.15) is 0 Å². The first-order valence-electron chi connectivity index (χ1n) is 6.38. The standard InChI is InChI=1S/C12H24N2O2/c1-2-3-10-4-6-11(7-5-10)14-8-9-16-12(13)15/h10-11,14H,2-9H2,1H3,(H2,13,15). The lowest BCUT2D eigenvalue weighted by Crippen LogP contribution is -2.35. The van der Waals surface area contributed by atoms with Crippen LogP contribution in [-0.2, 0) is 4.74 Å². The number of nitrogens with two attached hydrogens (primary N) is 1. The Kier molecular flexibility index (Phi) is 6.23. The molecule has 0 spiro atoms. The van der Waals surface area contributed by atoms with E-state index in [2.05, 4.69) is 17.0 Å². The fourth-order valence-corrected chi connectivity index (χ4v) is 2.48. The Morgan fingerprint density at radius 3 is 2.62 bits per heavy atom. The molecular weight excluding hydrogens is 204 g/mol. The number of carbonyl (C=O) groups excluding carboxylic acids is 1. The Balaban J connectivity index is 2.01. The molecule has 0 radical (unpaired) electrons. The molecule has 1 saturated carbocycles. The summed E-state index contributed by atoms with van der Waals surface area (Å²) < 4.78 is 4.67. The second-order valence-corrected chi connectivity index (χ2v) is 4.63. The first kappa shape index (κ1) is 13.3. The van der Waals surface area contributed by atoms with Crippen molar-refractivity contribution < 1.29 is 9.53 Å². The minimum absolute atomic E-state index is 0.379. The van der Waals surface area contributed by atoms with Gasteiger partial charge < -0.3 is 15.8 Å². The van der Waals surface area contributed by atoms with Crippen LogP contribution in [0.5, 0.6) is 0 Å². The third-order valence-corrected chi connectivity index (χ3v) is 3.32. The molecule has 4 heteroatoms. The second-order valence-electron chi connectivity index (χ2n) is 4.63. The van der Waals surface area contributed by atoms with Crippen molar-refractivity contribution >= 4 is 6.09 Å². The van der Waals surface area contributed by atoms with E-state index >= 15 is 0 Å². The number of hydrogen-bond donors (Lipinski definition) is 2. The number of ether oxygens (including phenoxy) is 1. The average Bonchev–Trinajstić information content (AvgIpc) is 2.27. The number of carbonyl (C=O) groups is 1. The molecule has 1 amide bonds. The summed E-state index contributed by atoms with van der Waals surface area (Å²) in [5.41, 5.74) is 4.87. The highest BCUT2D eigenvalue weighted by atomic mass is 16.5. The predicted molar refractivity (Wildman–Crippen MR) is 64.2 cm³/mol. The molecule has 4 nitrogen and oxygen atoms in total. The summed E-state index contributed by atoms with van der Waals surface area (Å²) in [7, 11) is 0. The number of amides is 1. The Hall–Kier alpha value is -0.770. The molecule has 94 valence electrons. The Morgan fingerprint density at radius 2 is 2.06 bits per heavy atom. The first-order chi connectivity index (χ1) is 7.72. The maximum atomic E-state index is 10.3. The minimum atomic E-state index is -0.687. The summed E-state index contributed by atoms with van der Waals surface area (Å²) in [4.78, 5) is 10.3. The van der Waals surface area contributed by atoms with Gasteiger partial charge in [-0.15, -0.1) is 0 Å². The molecule has 1 aliphatic carbocycles. The molecule has 1 fully saturated rings.